The number of amides is 2. The molecule has 0 saturated heterocycles. The van der Waals surface area contributed by atoms with Crippen molar-refractivity contribution in [2.45, 2.75) is 88.9 Å². The van der Waals surface area contributed by atoms with E-state index in [0.29, 0.717) is 36.1 Å². The molecule has 2 bridgehead atoms. The van der Waals surface area contributed by atoms with Crippen molar-refractivity contribution in [3.05, 3.63) is 41.5 Å². The Morgan fingerprint density at radius 3 is 2.70 bits per heavy atom. The van der Waals surface area contributed by atoms with Gasteiger partial charge in [-0.2, -0.15) is 0 Å². The molecule has 0 spiro atoms. The zero-order valence-electron chi connectivity index (χ0n) is 22.0. The molecular weight excluding hydrogens is 468 g/mol. The van der Waals surface area contributed by atoms with Crippen molar-refractivity contribution in [2.75, 3.05) is 19.7 Å². The van der Waals surface area contributed by atoms with Gasteiger partial charge >= 0.3 is 0 Å². The Balaban J connectivity index is 1.43. The number of aliphatic hydroxyl groups excluding tert-OH is 2. The molecule has 1 aromatic carbocycles. The van der Waals surface area contributed by atoms with E-state index in [2.05, 4.69) is 12.2 Å². The van der Waals surface area contributed by atoms with Crippen molar-refractivity contribution in [3.63, 3.8) is 0 Å². The summed E-state index contributed by atoms with van der Waals surface area (Å²) in [4.78, 5) is 29.0. The summed E-state index contributed by atoms with van der Waals surface area (Å²) in [5.74, 6) is 1.91. The lowest BCUT2D eigenvalue weighted by Gasteiger charge is -2.41. The third-order valence-electron chi connectivity index (χ3n) is 9.13. The Labute approximate surface area is 220 Å². The van der Waals surface area contributed by atoms with Gasteiger partial charge in [-0.25, -0.2) is 0 Å². The van der Waals surface area contributed by atoms with Crippen LogP contribution in [0.25, 0.3) is 0 Å². The summed E-state index contributed by atoms with van der Waals surface area (Å²) >= 11 is 0. The molecule has 7 nitrogen and oxygen atoms in total. The molecule has 3 unspecified atom stereocenters. The van der Waals surface area contributed by atoms with Crippen LogP contribution >= 0.6 is 0 Å². The maximum atomic E-state index is 13.9. The van der Waals surface area contributed by atoms with Crippen molar-refractivity contribution in [1.82, 2.24) is 10.2 Å². The summed E-state index contributed by atoms with van der Waals surface area (Å²) in [5, 5.41) is 23.7. The highest BCUT2D eigenvalue weighted by Gasteiger charge is 2.50. The summed E-state index contributed by atoms with van der Waals surface area (Å²) in [6, 6.07) is 6.96. The van der Waals surface area contributed by atoms with E-state index in [9.17, 15) is 19.8 Å². The first-order chi connectivity index (χ1) is 18.0. The normalized spacial score (nSPS) is 31.3. The fourth-order valence-electron chi connectivity index (χ4n) is 7.31. The van der Waals surface area contributed by atoms with Gasteiger partial charge in [0.15, 0.2) is 0 Å². The van der Waals surface area contributed by atoms with Crippen LogP contribution in [0.4, 0.5) is 0 Å². The molecule has 1 heterocycles. The molecule has 0 aromatic heterocycles. The molecule has 2 amide bonds. The van der Waals surface area contributed by atoms with Gasteiger partial charge < -0.3 is 25.2 Å². The van der Waals surface area contributed by atoms with Crippen LogP contribution in [-0.4, -0.2) is 64.9 Å². The summed E-state index contributed by atoms with van der Waals surface area (Å²) in [7, 11) is 0. The first kappa shape index (κ1) is 26.2. The van der Waals surface area contributed by atoms with Gasteiger partial charge in [-0.05, 0) is 55.6 Å². The van der Waals surface area contributed by atoms with Crippen LogP contribution in [0, 0.1) is 17.8 Å². The average molecular weight is 511 g/mol. The fraction of sp³-hybridized carbons (Fsp3) is 0.667. The molecule has 4 aliphatic rings. The quantitative estimate of drug-likeness (QED) is 0.396. The second-order valence-electron chi connectivity index (χ2n) is 11.5. The number of nitrogens with one attached hydrogen (secondary N) is 1. The Kier molecular flexibility index (Phi) is 8.20. The van der Waals surface area contributed by atoms with E-state index >= 15 is 0 Å². The van der Waals surface area contributed by atoms with Crippen molar-refractivity contribution in [3.8, 4) is 5.75 Å². The molecule has 3 N–H and O–H groups in total. The summed E-state index contributed by atoms with van der Waals surface area (Å²) in [5.41, 5.74) is 1.38. The number of rotatable bonds is 11. The first-order valence-corrected chi connectivity index (χ1v) is 14.4. The van der Waals surface area contributed by atoms with E-state index < -0.39 is 24.2 Å². The van der Waals surface area contributed by atoms with Gasteiger partial charge in [-0.1, -0.05) is 50.8 Å². The number of hydrogen-bond acceptors (Lipinski definition) is 5. The number of nitrogens with zero attached hydrogens (tertiary/aromatic N) is 1. The predicted octanol–water partition coefficient (Wildman–Crippen LogP) is 3.54. The lowest BCUT2D eigenvalue weighted by atomic mass is 9.77. The monoisotopic (exact) mass is 510 g/mol. The smallest absolute Gasteiger partial charge is 0.247 e. The van der Waals surface area contributed by atoms with Crippen molar-refractivity contribution >= 4 is 11.8 Å². The van der Waals surface area contributed by atoms with Crippen LogP contribution < -0.4 is 10.1 Å². The first-order valence-electron chi connectivity index (χ1n) is 14.4. The molecular formula is C30H42N2O5. The summed E-state index contributed by atoms with van der Waals surface area (Å²) in [6.07, 6.45) is 9.78. The second kappa shape index (κ2) is 11.6. The van der Waals surface area contributed by atoms with Crippen LogP contribution in [0.1, 0.15) is 76.2 Å². The average Bonchev–Trinajstić information content (AvgIpc) is 3.63. The predicted molar refractivity (Wildman–Crippen MR) is 141 cm³/mol. The standard InChI is InChI=1S/C30H42N2O5/c1-2-3-4-7-13-32(26(34)17-21-16-19-10-11-20(21)15-19)24-18-23(30(36)31-12-14-33)27-22-8-5-6-9-25(22)37-29(27)28(24)35/h5-6,8-9,18-21,24,27-29,33,35H,2-4,7,10-17H2,1H3,(H,31,36)/t19?,20?,21?,24-,27+,28+,29+/m1/s1. The number of carbonyl (C=O) groups excluding carboxylic acids is 2. The van der Waals surface area contributed by atoms with Crippen molar-refractivity contribution in [2.24, 2.45) is 17.8 Å². The Morgan fingerprint density at radius 2 is 1.97 bits per heavy atom. The van der Waals surface area contributed by atoms with Crippen LogP contribution in [0.5, 0.6) is 5.75 Å². The van der Waals surface area contributed by atoms with Gasteiger partial charge in [0.1, 0.15) is 18.0 Å². The van der Waals surface area contributed by atoms with Gasteiger partial charge in [-0.15, -0.1) is 0 Å². The molecule has 1 aromatic rings. The number of ether oxygens (including phenoxy) is 1. The molecule has 2 saturated carbocycles. The summed E-state index contributed by atoms with van der Waals surface area (Å²) in [6.45, 7) is 2.72. The molecule has 0 radical (unpaired) electrons. The second-order valence-corrected chi connectivity index (χ2v) is 11.5. The highest BCUT2D eigenvalue weighted by atomic mass is 16.5. The van der Waals surface area contributed by atoms with E-state index in [1.54, 1.807) is 0 Å². The number of hydrogen-bond donors (Lipinski definition) is 3. The molecule has 3 aliphatic carbocycles. The molecule has 37 heavy (non-hydrogen) atoms. The van der Waals surface area contributed by atoms with Crippen LogP contribution in [0.3, 0.4) is 0 Å². The van der Waals surface area contributed by atoms with Gasteiger partial charge in [0.2, 0.25) is 11.8 Å². The Bertz CT molecular complexity index is 1010. The van der Waals surface area contributed by atoms with E-state index in [4.69, 9.17) is 4.74 Å². The lowest BCUT2D eigenvalue weighted by molar-refractivity contribution is -0.138. The molecule has 202 valence electrons. The van der Waals surface area contributed by atoms with Gasteiger partial charge in [0.05, 0.1) is 18.6 Å². The number of aliphatic hydroxyl groups is 2. The maximum Gasteiger partial charge on any atom is 0.247 e. The van der Waals surface area contributed by atoms with Gasteiger partial charge in [0.25, 0.3) is 0 Å². The van der Waals surface area contributed by atoms with Crippen LogP contribution in [0.15, 0.2) is 35.9 Å². The maximum absolute atomic E-state index is 13.9. The Hall–Kier alpha value is -2.38. The summed E-state index contributed by atoms with van der Waals surface area (Å²) < 4.78 is 6.23. The van der Waals surface area contributed by atoms with Crippen LogP contribution in [-0.2, 0) is 9.59 Å². The Morgan fingerprint density at radius 1 is 1.14 bits per heavy atom. The molecule has 1 aliphatic heterocycles. The fourth-order valence-corrected chi connectivity index (χ4v) is 7.31. The number of unbranched alkanes of at least 4 members (excludes halogenated alkanes) is 3. The minimum Gasteiger partial charge on any atom is -0.486 e. The highest BCUT2D eigenvalue weighted by molar-refractivity contribution is 5.96. The van der Waals surface area contributed by atoms with Crippen LogP contribution in [0.2, 0.25) is 0 Å². The minimum atomic E-state index is -0.943. The third-order valence-corrected chi connectivity index (χ3v) is 9.13. The largest absolute Gasteiger partial charge is 0.486 e. The molecule has 7 atom stereocenters. The zero-order valence-corrected chi connectivity index (χ0v) is 22.0. The molecule has 5 rings (SSSR count). The van der Waals surface area contributed by atoms with Gasteiger partial charge in [0, 0.05) is 30.6 Å². The zero-order chi connectivity index (χ0) is 25.9. The number of fused-ring (bicyclic) bond motifs is 5. The SMILES string of the molecule is CCCCCCN(C(=O)CC1CC2CCC1C2)[C@@H]1C=C(C(=O)NCCO)[C@@H]2c3ccccc3O[C@@H]2[C@H]1O. The van der Waals surface area contributed by atoms with E-state index in [1.807, 2.05) is 35.2 Å². The topological polar surface area (TPSA) is 99.1 Å². The lowest BCUT2D eigenvalue weighted by Crippen LogP contribution is -2.56. The van der Waals surface area contributed by atoms with Crippen molar-refractivity contribution in [1.29, 1.82) is 0 Å². The van der Waals surface area contributed by atoms with Gasteiger partial charge in [-0.3, -0.25) is 9.59 Å². The van der Waals surface area contributed by atoms with E-state index in [-0.39, 0.29) is 25.0 Å². The van der Waals surface area contributed by atoms with Crippen molar-refractivity contribution < 1.29 is 24.5 Å². The molecule has 7 heteroatoms. The highest BCUT2D eigenvalue weighted by Crippen LogP contribution is 2.50. The molecule has 2 fully saturated rings. The third kappa shape index (κ3) is 5.30. The number of para-hydroxylation sites is 1. The van der Waals surface area contributed by atoms with E-state index in [1.165, 1.54) is 19.3 Å². The minimum absolute atomic E-state index is 0.0819. The number of carbonyl (C=O) groups is 2. The number of benzene rings is 1. The van der Waals surface area contributed by atoms with E-state index in [0.717, 1.165) is 43.6 Å².